The topological polar surface area (TPSA) is 67.1 Å². The van der Waals surface area contributed by atoms with Crippen molar-refractivity contribution < 1.29 is 0 Å². The van der Waals surface area contributed by atoms with E-state index in [-0.39, 0.29) is 0 Å². The van der Waals surface area contributed by atoms with Crippen molar-refractivity contribution in [2.75, 3.05) is 19.8 Å². The molecule has 0 saturated heterocycles. The quantitative estimate of drug-likeness (QED) is 0.676. The number of aromatic nitrogens is 2. The number of hydrogen-bond acceptors (Lipinski definition) is 5. The van der Waals surface area contributed by atoms with Gasteiger partial charge in [-0.2, -0.15) is 0 Å². The highest BCUT2D eigenvalue weighted by Crippen LogP contribution is 2.22. The molecule has 2 rings (SSSR count). The standard InChI is InChI=1S/C9H15N5/c1-11-3-7-6-4-14(2)5-8(6)13-9(10)12-7/h11H,3-5H2,1-2H3,(H2,10,12,13). The molecule has 0 fully saturated rings. The van der Waals surface area contributed by atoms with Crippen LogP contribution in [0.5, 0.6) is 0 Å². The minimum Gasteiger partial charge on any atom is -0.368 e. The van der Waals surface area contributed by atoms with Crippen LogP contribution >= 0.6 is 0 Å². The van der Waals surface area contributed by atoms with Gasteiger partial charge in [-0.3, -0.25) is 4.90 Å². The van der Waals surface area contributed by atoms with Crippen molar-refractivity contribution >= 4 is 5.95 Å². The van der Waals surface area contributed by atoms with E-state index in [9.17, 15) is 0 Å². The number of fused-ring (bicyclic) bond motifs is 1. The Bertz CT molecular complexity index is 349. The molecule has 0 unspecified atom stereocenters. The molecule has 0 amide bonds. The molecule has 0 atom stereocenters. The van der Waals surface area contributed by atoms with E-state index in [0.29, 0.717) is 5.95 Å². The Morgan fingerprint density at radius 3 is 2.93 bits per heavy atom. The fraction of sp³-hybridized carbons (Fsp3) is 0.556. The predicted octanol–water partition coefficient (Wildman–Crippen LogP) is -0.276. The van der Waals surface area contributed by atoms with Gasteiger partial charge in [0.05, 0.1) is 11.4 Å². The monoisotopic (exact) mass is 193 g/mol. The van der Waals surface area contributed by atoms with Crippen molar-refractivity contribution in [1.82, 2.24) is 20.2 Å². The highest BCUT2D eigenvalue weighted by Gasteiger charge is 2.21. The molecule has 76 valence electrons. The van der Waals surface area contributed by atoms with Crippen LogP contribution in [0, 0.1) is 0 Å². The maximum atomic E-state index is 5.64. The molecular formula is C9H15N5. The molecular weight excluding hydrogens is 178 g/mol. The number of nitrogens with zero attached hydrogens (tertiary/aromatic N) is 3. The largest absolute Gasteiger partial charge is 0.368 e. The summed E-state index contributed by atoms with van der Waals surface area (Å²) in [6, 6.07) is 0. The van der Waals surface area contributed by atoms with E-state index >= 15 is 0 Å². The smallest absolute Gasteiger partial charge is 0.220 e. The lowest BCUT2D eigenvalue weighted by atomic mass is 10.2. The van der Waals surface area contributed by atoms with Crippen molar-refractivity contribution in [3.05, 3.63) is 17.0 Å². The molecule has 0 saturated carbocycles. The summed E-state index contributed by atoms with van der Waals surface area (Å²) in [5.41, 5.74) is 8.97. The van der Waals surface area contributed by atoms with E-state index in [0.717, 1.165) is 31.0 Å². The van der Waals surface area contributed by atoms with Crippen molar-refractivity contribution in [2.45, 2.75) is 19.6 Å². The van der Waals surface area contributed by atoms with E-state index in [1.165, 1.54) is 5.56 Å². The van der Waals surface area contributed by atoms with E-state index in [4.69, 9.17) is 5.73 Å². The lowest BCUT2D eigenvalue weighted by Gasteiger charge is -2.06. The first-order valence-corrected chi connectivity index (χ1v) is 4.68. The molecule has 5 nitrogen and oxygen atoms in total. The molecule has 3 N–H and O–H groups in total. The minimum absolute atomic E-state index is 0.379. The second-order valence-electron chi connectivity index (χ2n) is 3.66. The summed E-state index contributed by atoms with van der Waals surface area (Å²) in [6.45, 7) is 2.55. The van der Waals surface area contributed by atoms with Gasteiger partial charge in [0.25, 0.3) is 0 Å². The molecule has 2 heterocycles. The Hall–Kier alpha value is -1.20. The number of nitrogen functional groups attached to an aromatic ring is 1. The lowest BCUT2D eigenvalue weighted by Crippen LogP contribution is -2.13. The lowest BCUT2D eigenvalue weighted by molar-refractivity contribution is 0.350. The van der Waals surface area contributed by atoms with Gasteiger partial charge in [-0.25, -0.2) is 9.97 Å². The van der Waals surface area contributed by atoms with E-state index in [2.05, 4.69) is 27.2 Å². The molecule has 1 aliphatic rings. The Kier molecular flexibility index (Phi) is 2.35. The zero-order valence-electron chi connectivity index (χ0n) is 8.54. The average Bonchev–Trinajstić information content (AvgIpc) is 2.45. The van der Waals surface area contributed by atoms with Crippen LogP contribution in [0.15, 0.2) is 0 Å². The molecule has 0 spiro atoms. The summed E-state index contributed by atoms with van der Waals surface area (Å²) in [5, 5.41) is 3.09. The Balaban J connectivity index is 2.41. The third-order valence-electron chi connectivity index (χ3n) is 2.39. The van der Waals surface area contributed by atoms with Crippen LogP contribution in [0.2, 0.25) is 0 Å². The van der Waals surface area contributed by atoms with Crippen LogP contribution in [0.1, 0.15) is 17.0 Å². The number of anilines is 1. The van der Waals surface area contributed by atoms with Gasteiger partial charge < -0.3 is 11.1 Å². The fourth-order valence-corrected chi connectivity index (χ4v) is 1.81. The first-order chi connectivity index (χ1) is 6.70. The van der Waals surface area contributed by atoms with Crippen molar-refractivity contribution in [3.63, 3.8) is 0 Å². The molecule has 0 aliphatic carbocycles. The molecule has 1 aromatic heterocycles. The first-order valence-electron chi connectivity index (χ1n) is 4.68. The van der Waals surface area contributed by atoms with Gasteiger partial charge in [-0.1, -0.05) is 0 Å². The van der Waals surface area contributed by atoms with Crippen LogP contribution in [0.3, 0.4) is 0 Å². The fourth-order valence-electron chi connectivity index (χ4n) is 1.81. The highest BCUT2D eigenvalue weighted by atomic mass is 15.2. The summed E-state index contributed by atoms with van der Waals surface area (Å²) in [7, 11) is 3.98. The molecule has 14 heavy (non-hydrogen) atoms. The maximum Gasteiger partial charge on any atom is 0.220 e. The Morgan fingerprint density at radius 2 is 2.21 bits per heavy atom. The zero-order chi connectivity index (χ0) is 10.1. The van der Waals surface area contributed by atoms with Crippen LogP contribution in [-0.2, 0) is 19.6 Å². The van der Waals surface area contributed by atoms with E-state index in [1.54, 1.807) is 0 Å². The third kappa shape index (κ3) is 1.56. The second kappa shape index (κ2) is 3.51. The Morgan fingerprint density at radius 1 is 1.43 bits per heavy atom. The number of rotatable bonds is 2. The summed E-state index contributed by atoms with van der Waals surface area (Å²) in [5.74, 6) is 0.379. The van der Waals surface area contributed by atoms with Gasteiger partial charge in [0.2, 0.25) is 5.95 Å². The van der Waals surface area contributed by atoms with Crippen molar-refractivity contribution in [1.29, 1.82) is 0 Å². The zero-order valence-corrected chi connectivity index (χ0v) is 8.54. The van der Waals surface area contributed by atoms with Crippen molar-refractivity contribution in [3.8, 4) is 0 Å². The molecule has 0 bridgehead atoms. The highest BCUT2D eigenvalue weighted by molar-refractivity contribution is 5.34. The van der Waals surface area contributed by atoms with E-state index in [1.807, 2.05) is 7.05 Å². The van der Waals surface area contributed by atoms with Gasteiger partial charge in [-0.05, 0) is 14.1 Å². The van der Waals surface area contributed by atoms with Gasteiger partial charge in [0, 0.05) is 25.2 Å². The van der Waals surface area contributed by atoms with Crippen LogP contribution in [0.25, 0.3) is 0 Å². The van der Waals surface area contributed by atoms with Crippen LogP contribution in [0.4, 0.5) is 5.95 Å². The third-order valence-corrected chi connectivity index (χ3v) is 2.39. The summed E-state index contributed by atoms with van der Waals surface area (Å²) < 4.78 is 0. The average molecular weight is 193 g/mol. The number of nitrogens with two attached hydrogens (primary N) is 1. The van der Waals surface area contributed by atoms with E-state index < -0.39 is 0 Å². The van der Waals surface area contributed by atoms with Crippen LogP contribution < -0.4 is 11.1 Å². The van der Waals surface area contributed by atoms with Gasteiger partial charge >= 0.3 is 0 Å². The summed E-state index contributed by atoms with van der Waals surface area (Å²) in [6.07, 6.45) is 0. The van der Waals surface area contributed by atoms with Gasteiger partial charge in [0.15, 0.2) is 0 Å². The first kappa shape index (κ1) is 9.36. The number of hydrogen-bond donors (Lipinski definition) is 2. The molecule has 5 heteroatoms. The number of nitrogens with one attached hydrogen (secondary N) is 1. The Labute approximate surface area is 83.3 Å². The molecule has 0 aromatic carbocycles. The molecule has 1 aromatic rings. The normalized spacial score (nSPS) is 15.9. The predicted molar refractivity (Wildman–Crippen MR) is 54.4 cm³/mol. The molecule has 0 radical (unpaired) electrons. The van der Waals surface area contributed by atoms with Crippen molar-refractivity contribution in [2.24, 2.45) is 0 Å². The summed E-state index contributed by atoms with van der Waals surface area (Å²) >= 11 is 0. The van der Waals surface area contributed by atoms with Crippen LogP contribution in [-0.4, -0.2) is 29.0 Å². The van der Waals surface area contributed by atoms with Gasteiger partial charge in [0.1, 0.15) is 0 Å². The summed E-state index contributed by atoms with van der Waals surface area (Å²) in [4.78, 5) is 10.7. The maximum absolute atomic E-state index is 5.64. The van der Waals surface area contributed by atoms with Gasteiger partial charge in [-0.15, -0.1) is 0 Å². The second-order valence-corrected chi connectivity index (χ2v) is 3.66. The molecule has 1 aliphatic heterocycles. The SMILES string of the molecule is CNCc1nc(N)nc2c1CN(C)C2. The minimum atomic E-state index is 0.379.